The van der Waals surface area contributed by atoms with Crippen LogP contribution in [0.4, 0.5) is 19.0 Å². The molecular formula is C20H18F3N3. The molecule has 2 heterocycles. The first-order chi connectivity index (χ1) is 12.5. The fraction of sp³-hybridized carbons (Fsp3) is 0.300. The number of hydrogen-bond donors (Lipinski definition) is 0. The molecular weight excluding hydrogens is 339 g/mol. The molecule has 26 heavy (non-hydrogen) atoms. The van der Waals surface area contributed by atoms with E-state index in [0.717, 1.165) is 66.0 Å². The Morgan fingerprint density at radius 1 is 0.808 bits per heavy atom. The van der Waals surface area contributed by atoms with Gasteiger partial charge in [-0.15, -0.1) is 0 Å². The average molecular weight is 357 g/mol. The lowest BCUT2D eigenvalue weighted by atomic mass is 10.0. The zero-order chi connectivity index (χ0) is 18.1. The fourth-order valence-corrected chi connectivity index (χ4v) is 3.31. The molecule has 1 fully saturated rings. The minimum atomic E-state index is -4.32. The molecule has 6 heteroatoms. The van der Waals surface area contributed by atoms with E-state index in [9.17, 15) is 13.2 Å². The van der Waals surface area contributed by atoms with Crippen molar-refractivity contribution in [2.45, 2.75) is 25.4 Å². The van der Waals surface area contributed by atoms with Gasteiger partial charge in [0.25, 0.3) is 0 Å². The summed E-state index contributed by atoms with van der Waals surface area (Å²) in [5.41, 5.74) is 2.45. The molecule has 0 unspecified atom stereocenters. The number of aromatic nitrogens is 2. The lowest BCUT2D eigenvalue weighted by Gasteiger charge is -2.27. The third-order valence-corrected chi connectivity index (χ3v) is 4.76. The molecule has 1 aromatic heterocycles. The molecule has 0 N–H and O–H groups in total. The number of anilines is 1. The monoisotopic (exact) mass is 357 g/mol. The standard InChI is InChI=1S/C20H18F3N3/c21-20(22,23)16-7-4-14(5-8-16)15-6-9-17-18(12-15)25-19(13-24-17)26-10-2-1-3-11-26/h4-9,12-13H,1-3,10-11H2. The van der Waals surface area contributed by atoms with E-state index >= 15 is 0 Å². The highest BCUT2D eigenvalue weighted by Crippen LogP contribution is 2.31. The second kappa shape index (κ2) is 6.59. The quantitative estimate of drug-likeness (QED) is 0.623. The van der Waals surface area contributed by atoms with Crippen molar-refractivity contribution in [3.05, 3.63) is 54.2 Å². The van der Waals surface area contributed by atoms with E-state index in [2.05, 4.69) is 9.88 Å². The second-order valence-electron chi connectivity index (χ2n) is 6.55. The minimum absolute atomic E-state index is 0.644. The van der Waals surface area contributed by atoms with Gasteiger partial charge in [0, 0.05) is 13.1 Å². The molecule has 0 amide bonds. The van der Waals surface area contributed by atoms with Crippen LogP contribution in [0.3, 0.4) is 0 Å². The Morgan fingerprint density at radius 2 is 1.50 bits per heavy atom. The number of benzene rings is 2. The Kier molecular flexibility index (Phi) is 4.26. The Bertz CT molecular complexity index is 914. The maximum atomic E-state index is 12.7. The first-order valence-corrected chi connectivity index (χ1v) is 8.70. The molecule has 0 radical (unpaired) electrons. The Balaban J connectivity index is 1.67. The van der Waals surface area contributed by atoms with E-state index in [1.807, 2.05) is 18.2 Å². The van der Waals surface area contributed by atoms with Gasteiger partial charge in [-0.3, -0.25) is 4.98 Å². The first kappa shape index (κ1) is 16.8. The molecule has 1 aliphatic heterocycles. The van der Waals surface area contributed by atoms with Crippen molar-refractivity contribution in [1.82, 2.24) is 9.97 Å². The molecule has 134 valence electrons. The summed E-state index contributed by atoms with van der Waals surface area (Å²) >= 11 is 0. The Hall–Kier alpha value is -2.63. The zero-order valence-electron chi connectivity index (χ0n) is 14.1. The van der Waals surface area contributed by atoms with Gasteiger partial charge in [-0.2, -0.15) is 13.2 Å². The van der Waals surface area contributed by atoms with Crippen molar-refractivity contribution >= 4 is 16.9 Å². The van der Waals surface area contributed by atoms with E-state index < -0.39 is 11.7 Å². The Labute approximate surface area is 149 Å². The summed E-state index contributed by atoms with van der Waals surface area (Å²) in [5.74, 6) is 0.863. The largest absolute Gasteiger partial charge is 0.416 e. The van der Waals surface area contributed by atoms with Crippen molar-refractivity contribution in [2.75, 3.05) is 18.0 Å². The molecule has 1 saturated heterocycles. The lowest BCUT2D eigenvalue weighted by molar-refractivity contribution is -0.137. The fourth-order valence-electron chi connectivity index (χ4n) is 3.31. The van der Waals surface area contributed by atoms with Crippen molar-refractivity contribution < 1.29 is 13.2 Å². The number of piperidine rings is 1. The van der Waals surface area contributed by atoms with E-state index in [-0.39, 0.29) is 0 Å². The number of halogens is 3. The normalized spacial score (nSPS) is 15.4. The molecule has 0 spiro atoms. The van der Waals surface area contributed by atoms with Crippen LogP contribution in [0.2, 0.25) is 0 Å². The van der Waals surface area contributed by atoms with Crippen LogP contribution in [0.5, 0.6) is 0 Å². The lowest BCUT2D eigenvalue weighted by Crippen LogP contribution is -2.30. The van der Waals surface area contributed by atoms with Gasteiger partial charge < -0.3 is 4.90 Å². The molecule has 0 aliphatic carbocycles. The van der Waals surface area contributed by atoms with E-state index in [4.69, 9.17) is 4.98 Å². The van der Waals surface area contributed by atoms with Crippen molar-refractivity contribution in [3.8, 4) is 11.1 Å². The van der Waals surface area contributed by atoms with E-state index in [0.29, 0.717) is 0 Å². The summed E-state index contributed by atoms with van der Waals surface area (Å²) in [6.07, 6.45) is 1.04. The highest BCUT2D eigenvalue weighted by atomic mass is 19.4. The number of nitrogens with zero attached hydrogens (tertiary/aromatic N) is 3. The zero-order valence-corrected chi connectivity index (χ0v) is 14.1. The third-order valence-electron chi connectivity index (χ3n) is 4.76. The van der Waals surface area contributed by atoms with Crippen LogP contribution in [-0.4, -0.2) is 23.1 Å². The molecule has 2 aromatic carbocycles. The number of hydrogen-bond acceptors (Lipinski definition) is 3. The molecule has 1 aliphatic rings. The average Bonchev–Trinajstić information content (AvgIpc) is 2.67. The first-order valence-electron chi connectivity index (χ1n) is 8.70. The molecule has 0 bridgehead atoms. The predicted octanol–water partition coefficient (Wildman–Crippen LogP) is 5.31. The van der Waals surface area contributed by atoms with Gasteiger partial charge in [0.2, 0.25) is 0 Å². The molecule has 3 nitrogen and oxygen atoms in total. The smallest absolute Gasteiger partial charge is 0.355 e. The van der Waals surface area contributed by atoms with Gasteiger partial charge in [-0.05, 0) is 54.7 Å². The van der Waals surface area contributed by atoms with Gasteiger partial charge in [-0.1, -0.05) is 18.2 Å². The van der Waals surface area contributed by atoms with Crippen LogP contribution < -0.4 is 4.90 Å². The maximum absolute atomic E-state index is 12.7. The second-order valence-corrected chi connectivity index (χ2v) is 6.55. The summed E-state index contributed by atoms with van der Waals surface area (Å²) in [4.78, 5) is 11.4. The molecule has 0 saturated carbocycles. The number of alkyl halides is 3. The van der Waals surface area contributed by atoms with Crippen molar-refractivity contribution in [1.29, 1.82) is 0 Å². The van der Waals surface area contributed by atoms with Gasteiger partial charge in [0.1, 0.15) is 5.82 Å². The van der Waals surface area contributed by atoms with Crippen LogP contribution >= 0.6 is 0 Å². The predicted molar refractivity (Wildman–Crippen MR) is 96.0 cm³/mol. The maximum Gasteiger partial charge on any atom is 0.416 e. The van der Waals surface area contributed by atoms with Gasteiger partial charge in [0.05, 0.1) is 22.8 Å². The summed E-state index contributed by atoms with van der Waals surface area (Å²) in [6.45, 7) is 1.97. The van der Waals surface area contributed by atoms with Crippen molar-refractivity contribution in [2.24, 2.45) is 0 Å². The number of fused-ring (bicyclic) bond motifs is 1. The van der Waals surface area contributed by atoms with Crippen LogP contribution in [0.15, 0.2) is 48.7 Å². The molecule has 4 rings (SSSR count). The summed E-state index contributed by atoms with van der Waals surface area (Å²) < 4.78 is 38.2. The van der Waals surface area contributed by atoms with Crippen LogP contribution in [-0.2, 0) is 6.18 Å². The SMILES string of the molecule is FC(F)(F)c1ccc(-c2ccc3ncc(N4CCCCC4)nc3c2)cc1. The summed E-state index contributed by atoms with van der Waals surface area (Å²) in [5, 5.41) is 0. The van der Waals surface area contributed by atoms with Gasteiger partial charge in [0.15, 0.2) is 0 Å². The van der Waals surface area contributed by atoms with Gasteiger partial charge >= 0.3 is 6.18 Å². The van der Waals surface area contributed by atoms with Gasteiger partial charge in [-0.25, -0.2) is 4.98 Å². The van der Waals surface area contributed by atoms with Crippen LogP contribution in [0.1, 0.15) is 24.8 Å². The highest BCUT2D eigenvalue weighted by Gasteiger charge is 2.29. The summed E-state index contributed by atoms with van der Waals surface area (Å²) in [6, 6.07) is 10.8. The van der Waals surface area contributed by atoms with Crippen LogP contribution in [0, 0.1) is 0 Å². The van der Waals surface area contributed by atoms with E-state index in [1.54, 1.807) is 6.20 Å². The van der Waals surface area contributed by atoms with E-state index in [1.165, 1.54) is 18.6 Å². The summed E-state index contributed by atoms with van der Waals surface area (Å²) in [7, 11) is 0. The molecule has 3 aromatic rings. The minimum Gasteiger partial charge on any atom is -0.355 e. The highest BCUT2D eigenvalue weighted by molar-refractivity contribution is 5.82. The van der Waals surface area contributed by atoms with Crippen LogP contribution in [0.25, 0.3) is 22.2 Å². The molecule has 0 atom stereocenters. The third kappa shape index (κ3) is 3.36. The van der Waals surface area contributed by atoms with Crippen molar-refractivity contribution in [3.63, 3.8) is 0 Å². The Morgan fingerprint density at radius 3 is 2.19 bits per heavy atom. The number of rotatable bonds is 2. The topological polar surface area (TPSA) is 29.0 Å².